The third kappa shape index (κ3) is 4.39. The van der Waals surface area contributed by atoms with Crippen LogP contribution in [0.3, 0.4) is 0 Å². The summed E-state index contributed by atoms with van der Waals surface area (Å²) >= 11 is 0. The third-order valence-electron chi connectivity index (χ3n) is 5.92. The van der Waals surface area contributed by atoms with Crippen molar-refractivity contribution < 1.29 is 18.4 Å². The molecule has 0 spiro atoms. The summed E-state index contributed by atoms with van der Waals surface area (Å²) in [7, 11) is 0.117. The molecule has 1 unspecified atom stereocenters. The van der Waals surface area contributed by atoms with Crippen LogP contribution in [0.2, 0.25) is 0 Å². The van der Waals surface area contributed by atoms with Crippen molar-refractivity contribution >= 4 is 32.2 Å². The van der Waals surface area contributed by atoms with Crippen LogP contribution in [-0.2, 0) is 21.2 Å². The lowest BCUT2D eigenvalue weighted by Gasteiger charge is -2.25. The van der Waals surface area contributed by atoms with E-state index in [0.717, 1.165) is 28.5 Å². The Kier molecular flexibility index (Phi) is 6.43. The maximum absolute atomic E-state index is 13.0. The van der Waals surface area contributed by atoms with Gasteiger partial charge in [0.25, 0.3) is 11.5 Å². The van der Waals surface area contributed by atoms with E-state index < -0.39 is 20.5 Å². The molecule has 1 aromatic heterocycles. The number of hydrogen-bond acceptors (Lipinski definition) is 6. The van der Waals surface area contributed by atoms with Gasteiger partial charge in [0.05, 0.1) is 0 Å². The largest absolute Gasteiger partial charge is 0.378 e. The zero-order chi connectivity index (χ0) is 23.7. The quantitative estimate of drug-likeness (QED) is 0.417. The number of rotatable bonds is 7. The van der Waals surface area contributed by atoms with Crippen LogP contribution in [0.15, 0.2) is 59.5 Å². The molecule has 3 rings (SSSR count). The van der Waals surface area contributed by atoms with Gasteiger partial charge in [-0.2, -0.15) is 0 Å². The van der Waals surface area contributed by atoms with Crippen molar-refractivity contribution in [3.63, 3.8) is 0 Å². The first-order chi connectivity index (χ1) is 15.0. The second kappa shape index (κ2) is 8.76. The van der Waals surface area contributed by atoms with E-state index in [1.165, 1.54) is 17.0 Å². The first-order valence-corrected chi connectivity index (χ1v) is 11.9. The molecule has 1 heterocycles. The highest BCUT2D eigenvalue weighted by Crippen LogP contribution is 2.26. The minimum absolute atomic E-state index is 0.000484. The number of benzene rings is 2. The van der Waals surface area contributed by atoms with Gasteiger partial charge in [-0.3, -0.25) is 14.8 Å². The van der Waals surface area contributed by atoms with Crippen molar-refractivity contribution in [3.05, 3.63) is 65.1 Å². The number of amides is 1. The molecular formula is C23H27N3O5S. The third-order valence-corrected chi connectivity index (χ3v) is 7.95. The van der Waals surface area contributed by atoms with Crippen molar-refractivity contribution in [3.8, 4) is 11.1 Å². The molecule has 2 aromatic carbocycles. The van der Waals surface area contributed by atoms with Crippen molar-refractivity contribution in [2.24, 2.45) is 0 Å². The summed E-state index contributed by atoms with van der Waals surface area (Å²) in [6.07, 6.45) is 2.35. The summed E-state index contributed by atoms with van der Waals surface area (Å²) in [4.78, 5) is 27.0. The first-order valence-electron chi connectivity index (χ1n) is 10.0. The minimum Gasteiger partial charge on any atom is -0.378 e. The number of aromatic nitrogens is 1. The fraction of sp³-hybridized carbons (Fsp3) is 0.304. The fourth-order valence-electron chi connectivity index (χ4n) is 3.52. The first kappa shape index (κ1) is 23.5. The summed E-state index contributed by atoms with van der Waals surface area (Å²) < 4.78 is 23.8. The van der Waals surface area contributed by atoms with E-state index in [4.69, 9.17) is 5.21 Å². The number of nitrogens with one attached hydrogen (secondary N) is 1. The second-order valence-corrected chi connectivity index (χ2v) is 10.7. The van der Waals surface area contributed by atoms with E-state index in [-0.39, 0.29) is 18.5 Å². The Bertz CT molecular complexity index is 1310. The number of hydroxylamine groups is 1. The molecule has 0 fully saturated rings. The Balaban J connectivity index is 1.92. The van der Waals surface area contributed by atoms with Crippen molar-refractivity contribution in [1.29, 1.82) is 0 Å². The molecule has 8 nitrogen and oxygen atoms in total. The molecule has 1 amide bonds. The lowest BCUT2D eigenvalue weighted by molar-refractivity contribution is -0.131. The van der Waals surface area contributed by atoms with Gasteiger partial charge in [0.15, 0.2) is 14.6 Å². The summed E-state index contributed by atoms with van der Waals surface area (Å²) in [5, 5.41) is 10.2. The Morgan fingerprint density at radius 1 is 1.09 bits per heavy atom. The number of fused-ring (bicyclic) bond motifs is 1. The number of pyridine rings is 1. The topological polar surface area (TPSA) is 109 Å². The molecule has 170 valence electrons. The van der Waals surface area contributed by atoms with Gasteiger partial charge in [0, 0.05) is 44.2 Å². The summed E-state index contributed by atoms with van der Waals surface area (Å²) in [6, 6.07) is 15.4. The molecule has 0 saturated carbocycles. The maximum Gasteiger partial charge on any atom is 0.264 e. The number of hydrogen-bond donors (Lipinski definition) is 2. The minimum atomic E-state index is -3.84. The van der Waals surface area contributed by atoms with Gasteiger partial charge in [0.2, 0.25) is 0 Å². The average molecular weight is 458 g/mol. The zero-order valence-electron chi connectivity index (χ0n) is 18.5. The zero-order valence-corrected chi connectivity index (χ0v) is 19.3. The predicted octanol–water partition coefficient (Wildman–Crippen LogP) is 2.43. The number of carbonyl (C=O) groups excluding carboxylic acids is 1. The van der Waals surface area contributed by atoms with Gasteiger partial charge in [-0.1, -0.05) is 18.2 Å². The Labute approximate surface area is 187 Å². The van der Waals surface area contributed by atoms with Crippen LogP contribution in [0.4, 0.5) is 5.69 Å². The van der Waals surface area contributed by atoms with Gasteiger partial charge >= 0.3 is 0 Å². The van der Waals surface area contributed by atoms with Crippen LogP contribution >= 0.6 is 0 Å². The van der Waals surface area contributed by atoms with Gasteiger partial charge in [0.1, 0.15) is 0 Å². The predicted molar refractivity (Wildman–Crippen MR) is 126 cm³/mol. The number of aryl methyl sites for hydroxylation is 1. The maximum atomic E-state index is 13.0. The van der Waals surface area contributed by atoms with E-state index in [1.54, 1.807) is 18.3 Å². The monoisotopic (exact) mass is 457 g/mol. The fourth-order valence-corrected chi connectivity index (χ4v) is 4.36. The Morgan fingerprint density at radius 2 is 1.72 bits per heavy atom. The van der Waals surface area contributed by atoms with Crippen LogP contribution in [0, 0.1) is 0 Å². The molecule has 9 heteroatoms. The molecule has 0 saturated heterocycles. The van der Waals surface area contributed by atoms with E-state index in [9.17, 15) is 18.0 Å². The normalized spacial score (nSPS) is 13.5. The van der Waals surface area contributed by atoms with Crippen LogP contribution in [0.5, 0.6) is 0 Å². The number of sulfone groups is 1. The van der Waals surface area contributed by atoms with Crippen LogP contribution in [-0.4, -0.2) is 49.2 Å². The highest BCUT2D eigenvalue weighted by Gasteiger charge is 2.43. The van der Waals surface area contributed by atoms with Crippen LogP contribution in [0.1, 0.15) is 13.3 Å². The molecule has 2 N–H and O–H groups in total. The summed E-state index contributed by atoms with van der Waals surface area (Å²) in [6.45, 7) is 1.23. The van der Waals surface area contributed by atoms with Crippen LogP contribution < -0.4 is 15.9 Å². The lowest BCUT2D eigenvalue weighted by atomic mass is 10.0. The highest BCUT2D eigenvalue weighted by atomic mass is 32.2. The highest BCUT2D eigenvalue weighted by molar-refractivity contribution is 7.92. The smallest absolute Gasteiger partial charge is 0.264 e. The number of nitrogens with zero attached hydrogens (tertiary/aromatic N) is 2. The van der Waals surface area contributed by atoms with E-state index in [0.29, 0.717) is 5.39 Å². The average Bonchev–Trinajstić information content (AvgIpc) is 2.76. The molecule has 3 aromatic rings. The molecule has 1 atom stereocenters. The second-order valence-electron chi connectivity index (χ2n) is 8.25. The van der Waals surface area contributed by atoms with Gasteiger partial charge in [-0.15, -0.1) is 0 Å². The van der Waals surface area contributed by atoms with Gasteiger partial charge < -0.3 is 9.47 Å². The molecule has 0 bridgehead atoms. The van der Waals surface area contributed by atoms with E-state index in [1.807, 2.05) is 55.4 Å². The SMILES string of the molecule is CN(C)c1ccc(-c2ccc3c(=O)n(CCC(C)(C(=O)NO)S(C)(=O)=O)ccc3c2)cc1. The van der Waals surface area contributed by atoms with Crippen molar-refractivity contribution in [2.45, 2.75) is 24.6 Å². The Morgan fingerprint density at radius 3 is 2.28 bits per heavy atom. The van der Waals surface area contributed by atoms with Crippen LogP contribution in [0.25, 0.3) is 21.9 Å². The number of anilines is 1. The summed E-state index contributed by atoms with van der Waals surface area (Å²) in [5.41, 5.74) is 4.23. The van der Waals surface area contributed by atoms with E-state index in [2.05, 4.69) is 0 Å². The molecule has 0 radical (unpaired) electrons. The summed E-state index contributed by atoms with van der Waals surface area (Å²) in [5.74, 6) is -1.03. The molecule has 0 aliphatic rings. The van der Waals surface area contributed by atoms with Gasteiger partial charge in [-0.05, 0) is 60.2 Å². The van der Waals surface area contributed by atoms with Crippen molar-refractivity contribution in [1.82, 2.24) is 10.0 Å². The molecule has 0 aliphatic heterocycles. The van der Waals surface area contributed by atoms with Gasteiger partial charge in [-0.25, -0.2) is 13.9 Å². The van der Waals surface area contributed by atoms with Crippen molar-refractivity contribution in [2.75, 3.05) is 25.3 Å². The van der Waals surface area contributed by atoms with E-state index >= 15 is 0 Å². The molecule has 0 aliphatic carbocycles. The standard InChI is InChI=1S/C23H27N3O5S/c1-23(22(28)24-29,32(4,30)31)12-14-26-13-11-18-15-17(7-10-20(18)21(26)27)16-5-8-19(9-6-16)25(2)3/h5-11,13,15,29H,12,14H2,1-4H3,(H,24,28). The number of carbonyl (C=O) groups is 1. The lowest BCUT2D eigenvalue weighted by Crippen LogP contribution is -2.49. The molecule has 32 heavy (non-hydrogen) atoms. The Hall–Kier alpha value is -3.17. The molecular weight excluding hydrogens is 430 g/mol.